The number of hydrazone groups is 1. The number of amides is 2. The number of halogens is 3. The largest absolute Gasteiger partial charge is 0.497 e. The molecule has 12 heteroatoms. The summed E-state index contributed by atoms with van der Waals surface area (Å²) in [5, 5.41) is 6.00. The monoisotopic (exact) mass is 599 g/mol. The molecule has 4 rings (SSSR count). The molecule has 0 saturated heterocycles. The molecular formula is C31H32F3N3O6. The number of alkyl halides is 3. The first-order valence-corrected chi connectivity index (χ1v) is 13.3. The molecule has 2 amide bonds. The van der Waals surface area contributed by atoms with Gasteiger partial charge in [-0.1, -0.05) is 6.07 Å². The number of methoxy groups -OCH3 is 4. The molecule has 0 unspecified atom stereocenters. The zero-order valence-electron chi connectivity index (χ0n) is 24.2. The first-order chi connectivity index (χ1) is 20.6. The van der Waals surface area contributed by atoms with Gasteiger partial charge in [-0.05, 0) is 71.8 Å². The van der Waals surface area contributed by atoms with Crippen molar-refractivity contribution in [3.05, 3.63) is 89.0 Å². The van der Waals surface area contributed by atoms with E-state index in [9.17, 15) is 22.8 Å². The molecular weight excluding hydrogens is 567 g/mol. The third kappa shape index (κ3) is 7.26. The van der Waals surface area contributed by atoms with Crippen LogP contribution in [0.2, 0.25) is 0 Å². The van der Waals surface area contributed by atoms with Crippen LogP contribution in [0, 0.1) is 0 Å². The standard InChI is InChI=1S/C31H32F3N3O6/c1-40-16-15-36(30(39)21-5-10-23(11-6-21)31(32,33)34)19-29(38)37-26(22-9-14-27(42-3)28(17-22)43-4)18-25(35-37)20-7-12-24(41-2)13-8-20/h5-14,17,26H,15-16,18-19H2,1-4H3/t26-/m0/s1. The molecule has 1 aliphatic rings. The van der Waals surface area contributed by atoms with Crippen molar-refractivity contribution in [2.75, 3.05) is 48.1 Å². The second-order valence-corrected chi connectivity index (χ2v) is 9.64. The van der Waals surface area contributed by atoms with Crippen molar-refractivity contribution < 1.29 is 41.7 Å². The van der Waals surface area contributed by atoms with Crippen molar-refractivity contribution in [1.82, 2.24) is 9.91 Å². The zero-order valence-corrected chi connectivity index (χ0v) is 24.2. The molecule has 0 aromatic heterocycles. The number of rotatable bonds is 11. The quantitative estimate of drug-likeness (QED) is 0.301. The maximum absolute atomic E-state index is 13.8. The Morgan fingerprint density at radius 3 is 2.16 bits per heavy atom. The van der Waals surface area contributed by atoms with Crippen LogP contribution < -0.4 is 14.2 Å². The lowest BCUT2D eigenvalue weighted by molar-refractivity contribution is -0.137. The van der Waals surface area contributed by atoms with E-state index in [1.54, 1.807) is 31.4 Å². The van der Waals surface area contributed by atoms with E-state index in [1.807, 2.05) is 18.2 Å². The number of hydrogen-bond donors (Lipinski definition) is 0. The molecule has 0 fully saturated rings. The SMILES string of the molecule is COCCN(CC(=O)N1N=C(c2ccc(OC)cc2)C[C@H]1c1ccc(OC)c(OC)c1)C(=O)c1ccc(C(F)(F)F)cc1. The molecule has 3 aromatic rings. The Labute approximate surface area is 247 Å². The lowest BCUT2D eigenvalue weighted by atomic mass is 9.98. The highest BCUT2D eigenvalue weighted by atomic mass is 19.4. The zero-order chi connectivity index (χ0) is 31.1. The summed E-state index contributed by atoms with van der Waals surface area (Å²) in [7, 11) is 6.05. The van der Waals surface area contributed by atoms with Gasteiger partial charge in [0.05, 0.1) is 45.3 Å². The number of benzene rings is 3. The molecule has 0 radical (unpaired) electrons. The van der Waals surface area contributed by atoms with Crippen molar-refractivity contribution >= 4 is 17.5 Å². The van der Waals surface area contributed by atoms with Crippen LogP contribution in [0.3, 0.4) is 0 Å². The maximum atomic E-state index is 13.8. The van der Waals surface area contributed by atoms with Crippen LogP contribution in [0.1, 0.15) is 39.5 Å². The maximum Gasteiger partial charge on any atom is 0.416 e. The van der Waals surface area contributed by atoms with Crippen LogP contribution >= 0.6 is 0 Å². The Balaban J connectivity index is 1.65. The summed E-state index contributed by atoms with van der Waals surface area (Å²) in [6.45, 7) is -0.239. The Bertz CT molecular complexity index is 1460. The van der Waals surface area contributed by atoms with E-state index in [-0.39, 0.29) is 25.3 Å². The summed E-state index contributed by atoms with van der Waals surface area (Å²) in [5.74, 6) is 0.568. The third-order valence-corrected chi connectivity index (χ3v) is 7.02. The van der Waals surface area contributed by atoms with Crippen molar-refractivity contribution in [2.45, 2.75) is 18.6 Å². The van der Waals surface area contributed by atoms with Gasteiger partial charge in [0.2, 0.25) is 0 Å². The van der Waals surface area contributed by atoms with Crippen LogP contribution in [0.25, 0.3) is 0 Å². The van der Waals surface area contributed by atoms with Crippen LogP contribution in [-0.4, -0.2) is 75.6 Å². The Morgan fingerprint density at radius 1 is 0.907 bits per heavy atom. The van der Waals surface area contributed by atoms with Gasteiger partial charge < -0.3 is 23.8 Å². The predicted molar refractivity (Wildman–Crippen MR) is 153 cm³/mol. The number of nitrogens with zero attached hydrogens (tertiary/aromatic N) is 3. The fraction of sp³-hybridized carbons (Fsp3) is 0.323. The normalized spacial score (nSPS) is 14.7. The summed E-state index contributed by atoms with van der Waals surface area (Å²) < 4.78 is 60.4. The van der Waals surface area contributed by atoms with Gasteiger partial charge in [0, 0.05) is 25.6 Å². The molecule has 1 aliphatic heterocycles. The van der Waals surface area contributed by atoms with Gasteiger partial charge in [-0.3, -0.25) is 9.59 Å². The second kappa shape index (κ2) is 13.6. The van der Waals surface area contributed by atoms with Gasteiger partial charge in [-0.15, -0.1) is 0 Å². The molecule has 1 atom stereocenters. The van der Waals surface area contributed by atoms with Crippen LogP contribution in [-0.2, 0) is 15.7 Å². The third-order valence-electron chi connectivity index (χ3n) is 7.02. The van der Waals surface area contributed by atoms with Gasteiger partial charge in [0.25, 0.3) is 11.8 Å². The first kappa shape index (κ1) is 31.4. The highest BCUT2D eigenvalue weighted by Crippen LogP contribution is 2.38. The van der Waals surface area contributed by atoms with E-state index < -0.39 is 29.6 Å². The molecule has 0 saturated carbocycles. The minimum absolute atomic E-state index is 0.0113. The van der Waals surface area contributed by atoms with E-state index in [0.717, 1.165) is 35.4 Å². The number of carbonyl (C=O) groups is 2. The minimum Gasteiger partial charge on any atom is -0.497 e. The smallest absolute Gasteiger partial charge is 0.416 e. The summed E-state index contributed by atoms with van der Waals surface area (Å²) in [4.78, 5) is 28.4. The predicted octanol–water partition coefficient (Wildman–Crippen LogP) is 5.20. The van der Waals surface area contributed by atoms with Gasteiger partial charge >= 0.3 is 6.18 Å². The molecule has 0 spiro atoms. The van der Waals surface area contributed by atoms with Crippen molar-refractivity contribution in [3.8, 4) is 17.2 Å². The molecule has 1 heterocycles. The van der Waals surface area contributed by atoms with Crippen LogP contribution in [0.5, 0.6) is 17.2 Å². The molecule has 9 nitrogen and oxygen atoms in total. The highest BCUT2D eigenvalue weighted by molar-refractivity contribution is 6.04. The van der Waals surface area contributed by atoms with Gasteiger partial charge in [-0.25, -0.2) is 5.01 Å². The Kier molecular flexibility index (Phi) is 9.92. The van der Waals surface area contributed by atoms with Gasteiger partial charge in [0.1, 0.15) is 12.3 Å². The Morgan fingerprint density at radius 2 is 1.58 bits per heavy atom. The van der Waals surface area contributed by atoms with Gasteiger partial charge in [0.15, 0.2) is 11.5 Å². The van der Waals surface area contributed by atoms with Gasteiger partial charge in [-0.2, -0.15) is 18.3 Å². The molecule has 0 aliphatic carbocycles. The average Bonchev–Trinajstić information content (AvgIpc) is 3.47. The summed E-state index contributed by atoms with van der Waals surface area (Å²) in [6.07, 6.45) is -4.17. The van der Waals surface area contributed by atoms with Crippen molar-refractivity contribution in [1.29, 1.82) is 0 Å². The highest BCUT2D eigenvalue weighted by Gasteiger charge is 2.35. The molecule has 43 heavy (non-hydrogen) atoms. The topological polar surface area (TPSA) is 89.9 Å². The number of ether oxygens (including phenoxy) is 4. The summed E-state index contributed by atoms with van der Waals surface area (Å²) in [6, 6.07) is 15.9. The van der Waals surface area contributed by atoms with Crippen molar-refractivity contribution in [2.24, 2.45) is 5.10 Å². The van der Waals surface area contributed by atoms with Crippen LogP contribution in [0.4, 0.5) is 13.2 Å². The molecule has 0 bridgehead atoms. The summed E-state index contributed by atoms with van der Waals surface area (Å²) >= 11 is 0. The minimum atomic E-state index is -4.54. The molecule has 228 valence electrons. The molecule has 3 aromatic carbocycles. The van der Waals surface area contributed by atoms with E-state index in [0.29, 0.717) is 29.4 Å². The second-order valence-electron chi connectivity index (χ2n) is 9.64. The van der Waals surface area contributed by atoms with E-state index in [4.69, 9.17) is 18.9 Å². The molecule has 0 N–H and O–H groups in total. The fourth-order valence-corrected chi connectivity index (χ4v) is 4.69. The number of hydrogen-bond acceptors (Lipinski definition) is 7. The average molecular weight is 600 g/mol. The Hall–Kier alpha value is -4.58. The van der Waals surface area contributed by atoms with E-state index in [2.05, 4.69) is 5.10 Å². The lowest BCUT2D eigenvalue weighted by Gasteiger charge is -2.27. The lowest BCUT2D eigenvalue weighted by Crippen LogP contribution is -2.42. The fourth-order valence-electron chi connectivity index (χ4n) is 4.69. The summed E-state index contributed by atoms with van der Waals surface area (Å²) in [5.41, 5.74) is 1.30. The first-order valence-electron chi connectivity index (χ1n) is 13.3. The number of carbonyl (C=O) groups excluding carboxylic acids is 2. The van der Waals surface area contributed by atoms with Crippen LogP contribution in [0.15, 0.2) is 71.8 Å². The van der Waals surface area contributed by atoms with E-state index >= 15 is 0 Å². The van der Waals surface area contributed by atoms with Crippen molar-refractivity contribution in [3.63, 3.8) is 0 Å². The van der Waals surface area contributed by atoms with E-state index in [1.165, 1.54) is 31.2 Å².